The summed E-state index contributed by atoms with van der Waals surface area (Å²) in [5.74, 6) is -0.186. The van der Waals surface area contributed by atoms with Gasteiger partial charge < -0.3 is 10.2 Å². The van der Waals surface area contributed by atoms with Crippen LogP contribution >= 0.6 is 15.9 Å². The Hall–Kier alpha value is -2.14. The van der Waals surface area contributed by atoms with Crippen LogP contribution in [0.5, 0.6) is 0 Å². The molecule has 24 heavy (non-hydrogen) atoms. The van der Waals surface area contributed by atoms with Crippen LogP contribution in [0, 0.1) is 13.8 Å². The fourth-order valence-corrected chi connectivity index (χ4v) is 2.69. The number of nitrogens with zero attached hydrogens (tertiary/aromatic N) is 1. The molecule has 0 heterocycles. The SMILES string of the molecule is CC(=O)N(CCC(=O)Nc1ccc(Br)cc1)c1cc(C)ccc1C. The van der Waals surface area contributed by atoms with E-state index in [2.05, 4.69) is 21.2 Å². The highest BCUT2D eigenvalue weighted by Crippen LogP contribution is 2.22. The van der Waals surface area contributed by atoms with Crippen molar-refractivity contribution in [2.24, 2.45) is 0 Å². The van der Waals surface area contributed by atoms with Gasteiger partial charge in [0.05, 0.1) is 0 Å². The number of hydrogen-bond acceptors (Lipinski definition) is 2. The molecule has 2 rings (SSSR count). The fraction of sp³-hybridized carbons (Fsp3) is 0.263. The molecule has 0 aliphatic heterocycles. The lowest BCUT2D eigenvalue weighted by molar-refractivity contribution is -0.117. The first-order valence-electron chi connectivity index (χ1n) is 7.77. The van der Waals surface area contributed by atoms with Crippen molar-refractivity contribution in [3.05, 3.63) is 58.1 Å². The van der Waals surface area contributed by atoms with E-state index in [0.29, 0.717) is 6.54 Å². The second-order valence-corrected chi connectivity index (χ2v) is 6.68. The van der Waals surface area contributed by atoms with E-state index in [1.54, 1.807) is 4.90 Å². The van der Waals surface area contributed by atoms with E-state index in [1.807, 2.05) is 56.3 Å². The Morgan fingerprint density at radius 1 is 1.08 bits per heavy atom. The molecule has 0 unspecified atom stereocenters. The van der Waals surface area contributed by atoms with Gasteiger partial charge in [-0.2, -0.15) is 0 Å². The van der Waals surface area contributed by atoms with Gasteiger partial charge in [-0.1, -0.05) is 28.1 Å². The summed E-state index contributed by atoms with van der Waals surface area (Å²) in [4.78, 5) is 25.8. The number of aryl methyl sites for hydroxylation is 2. The third kappa shape index (κ3) is 4.93. The second-order valence-electron chi connectivity index (χ2n) is 5.77. The lowest BCUT2D eigenvalue weighted by atomic mass is 10.1. The molecule has 0 bridgehead atoms. The van der Waals surface area contributed by atoms with Crippen LogP contribution in [0.15, 0.2) is 46.9 Å². The molecule has 4 nitrogen and oxygen atoms in total. The highest BCUT2D eigenvalue weighted by Gasteiger charge is 2.15. The third-order valence-corrected chi connectivity index (χ3v) is 4.25. The summed E-state index contributed by atoms with van der Waals surface area (Å²) < 4.78 is 0.957. The first-order chi connectivity index (χ1) is 11.4. The molecular weight excluding hydrogens is 368 g/mol. The van der Waals surface area contributed by atoms with Gasteiger partial charge in [-0.05, 0) is 55.3 Å². The maximum Gasteiger partial charge on any atom is 0.226 e. The number of halogens is 1. The van der Waals surface area contributed by atoms with Crippen molar-refractivity contribution in [2.75, 3.05) is 16.8 Å². The summed E-state index contributed by atoms with van der Waals surface area (Å²) >= 11 is 3.36. The monoisotopic (exact) mass is 388 g/mol. The predicted molar refractivity (Wildman–Crippen MR) is 101 cm³/mol. The Kier molecular flexibility index (Phi) is 6.15. The lowest BCUT2D eigenvalue weighted by Gasteiger charge is -2.23. The van der Waals surface area contributed by atoms with E-state index in [0.717, 1.165) is 27.0 Å². The Balaban J connectivity index is 2.03. The normalized spacial score (nSPS) is 10.3. The minimum atomic E-state index is -0.117. The van der Waals surface area contributed by atoms with Gasteiger partial charge in [0.1, 0.15) is 0 Å². The number of nitrogens with one attached hydrogen (secondary N) is 1. The number of anilines is 2. The van der Waals surface area contributed by atoms with Gasteiger partial charge in [0.15, 0.2) is 0 Å². The summed E-state index contributed by atoms with van der Waals surface area (Å²) in [6.07, 6.45) is 0.239. The minimum Gasteiger partial charge on any atom is -0.326 e. The van der Waals surface area contributed by atoms with Gasteiger partial charge in [-0.3, -0.25) is 9.59 Å². The fourth-order valence-electron chi connectivity index (χ4n) is 2.43. The number of carbonyl (C=O) groups excluding carboxylic acids is 2. The Bertz CT molecular complexity index is 742. The topological polar surface area (TPSA) is 49.4 Å². The molecule has 2 aromatic carbocycles. The van der Waals surface area contributed by atoms with Crippen LogP contribution in [0.2, 0.25) is 0 Å². The molecule has 1 N–H and O–H groups in total. The smallest absolute Gasteiger partial charge is 0.226 e. The molecule has 0 aliphatic carbocycles. The molecule has 2 aromatic rings. The molecule has 0 atom stereocenters. The zero-order valence-electron chi connectivity index (χ0n) is 14.1. The number of benzene rings is 2. The van der Waals surface area contributed by atoms with E-state index in [9.17, 15) is 9.59 Å². The van der Waals surface area contributed by atoms with Crippen molar-refractivity contribution in [3.63, 3.8) is 0 Å². The summed E-state index contributed by atoms with van der Waals surface area (Å²) in [7, 11) is 0. The highest BCUT2D eigenvalue weighted by molar-refractivity contribution is 9.10. The molecular formula is C19H21BrN2O2. The van der Waals surface area contributed by atoms with Crippen LogP contribution in [0.3, 0.4) is 0 Å². The average molecular weight is 389 g/mol. The van der Waals surface area contributed by atoms with Crippen LogP contribution in [0.25, 0.3) is 0 Å². The third-order valence-electron chi connectivity index (χ3n) is 3.73. The molecule has 126 valence electrons. The van der Waals surface area contributed by atoms with Crippen LogP contribution in [0.1, 0.15) is 24.5 Å². The molecule has 0 aliphatic rings. The van der Waals surface area contributed by atoms with Crippen molar-refractivity contribution in [2.45, 2.75) is 27.2 Å². The number of hydrogen-bond donors (Lipinski definition) is 1. The van der Waals surface area contributed by atoms with Crippen LogP contribution in [-0.4, -0.2) is 18.4 Å². The van der Waals surface area contributed by atoms with E-state index < -0.39 is 0 Å². The van der Waals surface area contributed by atoms with E-state index in [4.69, 9.17) is 0 Å². The van der Waals surface area contributed by atoms with Gasteiger partial charge in [0.25, 0.3) is 0 Å². The second kappa shape index (κ2) is 8.11. The number of carbonyl (C=O) groups is 2. The Labute approximate surface area is 151 Å². The molecule has 5 heteroatoms. The maximum atomic E-state index is 12.1. The zero-order chi connectivity index (χ0) is 17.7. The summed E-state index contributed by atoms with van der Waals surface area (Å²) in [6, 6.07) is 13.4. The number of rotatable bonds is 5. The zero-order valence-corrected chi connectivity index (χ0v) is 15.7. The summed E-state index contributed by atoms with van der Waals surface area (Å²) in [6.45, 7) is 5.82. The molecule has 0 radical (unpaired) electrons. The van der Waals surface area contributed by atoms with Crippen LogP contribution in [-0.2, 0) is 9.59 Å². The number of amides is 2. The van der Waals surface area contributed by atoms with Crippen molar-refractivity contribution in [1.82, 2.24) is 0 Å². The largest absolute Gasteiger partial charge is 0.326 e. The quantitative estimate of drug-likeness (QED) is 0.822. The van der Waals surface area contributed by atoms with Crippen molar-refractivity contribution >= 4 is 39.1 Å². The first kappa shape index (κ1) is 18.2. The Morgan fingerprint density at radius 2 is 1.75 bits per heavy atom. The lowest BCUT2D eigenvalue weighted by Crippen LogP contribution is -2.32. The average Bonchev–Trinajstić information content (AvgIpc) is 2.52. The molecule has 0 saturated carbocycles. The van der Waals surface area contributed by atoms with Crippen molar-refractivity contribution < 1.29 is 9.59 Å². The first-order valence-corrected chi connectivity index (χ1v) is 8.57. The van der Waals surface area contributed by atoms with Gasteiger partial charge in [-0.25, -0.2) is 0 Å². The van der Waals surface area contributed by atoms with Gasteiger partial charge >= 0.3 is 0 Å². The summed E-state index contributed by atoms with van der Waals surface area (Å²) in [5.41, 5.74) is 3.70. The van der Waals surface area contributed by atoms with Crippen LogP contribution < -0.4 is 10.2 Å². The van der Waals surface area contributed by atoms with Gasteiger partial charge in [-0.15, -0.1) is 0 Å². The van der Waals surface area contributed by atoms with E-state index in [1.165, 1.54) is 6.92 Å². The van der Waals surface area contributed by atoms with E-state index >= 15 is 0 Å². The Morgan fingerprint density at radius 3 is 2.38 bits per heavy atom. The molecule has 0 spiro atoms. The molecule has 0 fully saturated rings. The maximum absolute atomic E-state index is 12.1. The minimum absolute atomic E-state index is 0.0693. The van der Waals surface area contributed by atoms with Crippen molar-refractivity contribution in [1.29, 1.82) is 0 Å². The molecule has 2 amide bonds. The van der Waals surface area contributed by atoms with Gasteiger partial charge in [0, 0.05) is 35.7 Å². The standard InChI is InChI=1S/C19H21BrN2O2/c1-13-4-5-14(2)18(12-13)22(15(3)23)11-10-19(24)21-17-8-6-16(20)7-9-17/h4-9,12H,10-11H2,1-3H3,(H,21,24). The molecule has 0 saturated heterocycles. The summed E-state index contributed by atoms with van der Waals surface area (Å²) in [5, 5.41) is 2.84. The predicted octanol–water partition coefficient (Wildman–Crippen LogP) is 4.45. The van der Waals surface area contributed by atoms with Crippen LogP contribution in [0.4, 0.5) is 11.4 Å². The molecule has 0 aromatic heterocycles. The van der Waals surface area contributed by atoms with Crippen molar-refractivity contribution in [3.8, 4) is 0 Å². The van der Waals surface area contributed by atoms with E-state index in [-0.39, 0.29) is 18.2 Å². The van der Waals surface area contributed by atoms with Gasteiger partial charge in [0.2, 0.25) is 11.8 Å². The highest BCUT2D eigenvalue weighted by atomic mass is 79.9.